The van der Waals surface area contributed by atoms with Crippen LogP contribution in [0.4, 0.5) is 5.69 Å². The maximum absolute atomic E-state index is 12.3. The number of aliphatic hydroxyl groups excluding tert-OH is 1. The zero-order valence-electron chi connectivity index (χ0n) is 12.4. The third-order valence-electron chi connectivity index (χ3n) is 3.28. The molecule has 22 heavy (non-hydrogen) atoms. The van der Waals surface area contributed by atoms with Crippen molar-refractivity contribution in [1.29, 1.82) is 0 Å². The number of carbonyl (C=O) groups excluding carboxylic acids is 1. The molecule has 3 N–H and O–H groups in total. The molecule has 0 bridgehead atoms. The summed E-state index contributed by atoms with van der Waals surface area (Å²) in [7, 11) is 0. The summed E-state index contributed by atoms with van der Waals surface area (Å²) < 4.78 is 0. The highest BCUT2D eigenvalue weighted by Crippen LogP contribution is 2.22. The maximum atomic E-state index is 12.3. The third-order valence-corrected chi connectivity index (χ3v) is 3.28. The van der Waals surface area contributed by atoms with Gasteiger partial charge in [-0.2, -0.15) is 5.10 Å². The van der Waals surface area contributed by atoms with E-state index in [1.165, 1.54) is 18.2 Å². The number of aromatic amines is 1. The van der Waals surface area contributed by atoms with Crippen LogP contribution in [0.5, 0.6) is 0 Å². The molecule has 0 fully saturated rings. The van der Waals surface area contributed by atoms with E-state index in [0.717, 1.165) is 0 Å². The Balaban J connectivity index is 2.27. The number of nitro benzene ring substituents is 1. The molecule has 2 aromatic rings. The number of non-ortho nitro benzene ring substituents is 1. The first-order chi connectivity index (χ1) is 10.4. The van der Waals surface area contributed by atoms with Crippen molar-refractivity contribution in [2.45, 2.75) is 26.3 Å². The van der Waals surface area contributed by atoms with Gasteiger partial charge in [0.1, 0.15) is 0 Å². The van der Waals surface area contributed by atoms with E-state index in [1.807, 2.05) is 13.8 Å². The van der Waals surface area contributed by atoms with E-state index < -0.39 is 10.8 Å². The van der Waals surface area contributed by atoms with Gasteiger partial charge >= 0.3 is 0 Å². The largest absolute Gasteiger partial charge is 0.394 e. The fraction of sp³-hybridized carbons (Fsp3) is 0.429. The molecule has 0 saturated heterocycles. The number of H-pyrrole nitrogens is 1. The zero-order valence-corrected chi connectivity index (χ0v) is 12.4. The van der Waals surface area contributed by atoms with Gasteiger partial charge in [0.15, 0.2) is 5.69 Å². The SMILES string of the molecule is CC(C)CC(CO)NC(=O)c1n[nH]c2ccc([N+](=O)[O-])cc12. The van der Waals surface area contributed by atoms with Crippen LogP contribution in [0.3, 0.4) is 0 Å². The maximum Gasteiger partial charge on any atom is 0.272 e. The highest BCUT2D eigenvalue weighted by Gasteiger charge is 2.20. The first-order valence-electron chi connectivity index (χ1n) is 6.96. The van der Waals surface area contributed by atoms with Crippen LogP contribution >= 0.6 is 0 Å². The van der Waals surface area contributed by atoms with Crippen LogP contribution in [0.15, 0.2) is 18.2 Å². The Morgan fingerprint density at radius 1 is 1.50 bits per heavy atom. The number of nitro groups is 1. The lowest BCUT2D eigenvalue weighted by Crippen LogP contribution is -2.38. The Morgan fingerprint density at radius 2 is 2.23 bits per heavy atom. The molecule has 0 aliphatic carbocycles. The number of amides is 1. The van der Waals surface area contributed by atoms with Crippen molar-refractivity contribution >= 4 is 22.5 Å². The number of benzene rings is 1. The molecule has 0 aliphatic rings. The summed E-state index contributed by atoms with van der Waals surface area (Å²) in [5, 5.41) is 29.8. The first-order valence-corrected chi connectivity index (χ1v) is 6.96. The smallest absolute Gasteiger partial charge is 0.272 e. The van der Waals surface area contributed by atoms with Crippen LogP contribution in [-0.4, -0.2) is 38.8 Å². The van der Waals surface area contributed by atoms with Crippen molar-refractivity contribution in [3.05, 3.63) is 34.0 Å². The average molecular weight is 306 g/mol. The van der Waals surface area contributed by atoms with E-state index >= 15 is 0 Å². The lowest BCUT2D eigenvalue weighted by Gasteiger charge is -2.17. The van der Waals surface area contributed by atoms with Gasteiger partial charge in [0.2, 0.25) is 0 Å². The van der Waals surface area contributed by atoms with Gasteiger partial charge in [-0.15, -0.1) is 0 Å². The fourth-order valence-electron chi connectivity index (χ4n) is 2.29. The summed E-state index contributed by atoms with van der Waals surface area (Å²) in [6.07, 6.45) is 0.630. The molecule has 8 heteroatoms. The van der Waals surface area contributed by atoms with Crippen molar-refractivity contribution < 1.29 is 14.8 Å². The summed E-state index contributed by atoms with van der Waals surface area (Å²) in [6, 6.07) is 3.79. The second-order valence-electron chi connectivity index (χ2n) is 5.54. The lowest BCUT2D eigenvalue weighted by molar-refractivity contribution is -0.384. The average Bonchev–Trinajstić information content (AvgIpc) is 2.88. The topological polar surface area (TPSA) is 121 Å². The Morgan fingerprint density at radius 3 is 2.82 bits per heavy atom. The molecule has 1 aromatic carbocycles. The second-order valence-corrected chi connectivity index (χ2v) is 5.54. The zero-order chi connectivity index (χ0) is 16.3. The second kappa shape index (κ2) is 6.52. The molecular weight excluding hydrogens is 288 g/mol. The van der Waals surface area contributed by atoms with E-state index in [2.05, 4.69) is 15.5 Å². The van der Waals surface area contributed by atoms with Gasteiger partial charge in [-0.3, -0.25) is 20.0 Å². The van der Waals surface area contributed by atoms with Gasteiger partial charge in [-0.25, -0.2) is 0 Å². The molecule has 1 aromatic heterocycles. The van der Waals surface area contributed by atoms with Gasteiger partial charge in [-0.1, -0.05) is 13.8 Å². The van der Waals surface area contributed by atoms with Crippen molar-refractivity contribution in [3.8, 4) is 0 Å². The third kappa shape index (κ3) is 3.40. The monoisotopic (exact) mass is 306 g/mol. The first kappa shape index (κ1) is 15.9. The standard InChI is InChI=1S/C14H18N4O4/c1-8(2)5-9(7-19)15-14(20)13-11-6-10(18(21)22)3-4-12(11)16-17-13/h3-4,6,8-9,19H,5,7H2,1-2H3,(H,15,20)(H,16,17). The molecule has 1 amide bonds. The normalized spacial score (nSPS) is 12.5. The molecule has 0 saturated carbocycles. The highest BCUT2D eigenvalue weighted by atomic mass is 16.6. The van der Waals surface area contributed by atoms with Gasteiger partial charge in [-0.05, 0) is 18.4 Å². The van der Waals surface area contributed by atoms with Crippen LogP contribution in [-0.2, 0) is 0 Å². The number of carbonyl (C=O) groups is 1. The Hall–Kier alpha value is -2.48. The number of fused-ring (bicyclic) bond motifs is 1. The summed E-state index contributed by atoms with van der Waals surface area (Å²) in [6.45, 7) is 3.80. The Labute approximate surface area is 126 Å². The number of nitrogens with one attached hydrogen (secondary N) is 2. The predicted octanol–water partition coefficient (Wildman–Crippen LogP) is 1.61. The summed E-state index contributed by atoms with van der Waals surface area (Å²) in [5.41, 5.74) is 0.518. The minimum atomic E-state index is -0.524. The fourth-order valence-corrected chi connectivity index (χ4v) is 2.29. The Bertz CT molecular complexity index is 695. The quantitative estimate of drug-likeness (QED) is 0.553. The number of aromatic nitrogens is 2. The molecular formula is C14H18N4O4. The van der Waals surface area contributed by atoms with Crippen LogP contribution in [0.1, 0.15) is 30.8 Å². The van der Waals surface area contributed by atoms with Crippen molar-refractivity contribution in [3.63, 3.8) is 0 Å². The van der Waals surface area contributed by atoms with E-state index in [4.69, 9.17) is 0 Å². The Kier molecular flexibility index (Phi) is 4.71. The van der Waals surface area contributed by atoms with Gasteiger partial charge in [0.05, 0.1) is 23.1 Å². The molecule has 118 valence electrons. The van der Waals surface area contributed by atoms with Gasteiger partial charge in [0.25, 0.3) is 11.6 Å². The summed E-state index contributed by atoms with van der Waals surface area (Å²) in [5.74, 6) is -0.152. The van der Waals surface area contributed by atoms with E-state index in [9.17, 15) is 20.0 Å². The van der Waals surface area contributed by atoms with E-state index in [1.54, 1.807) is 0 Å². The van der Waals surface area contributed by atoms with Crippen molar-refractivity contribution in [2.75, 3.05) is 6.61 Å². The molecule has 1 heterocycles. The van der Waals surface area contributed by atoms with E-state index in [-0.39, 0.29) is 24.0 Å². The minimum Gasteiger partial charge on any atom is -0.394 e. The molecule has 2 rings (SSSR count). The summed E-state index contributed by atoms with van der Waals surface area (Å²) in [4.78, 5) is 22.6. The van der Waals surface area contributed by atoms with Gasteiger partial charge in [0, 0.05) is 17.5 Å². The molecule has 8 nitrogen and oxygen atoms in total. The van der Waals surface area contributed by atoms with Crippen LogP contribution in [0.2, 0.25) is 0 Å². The molecule has 1 unspecified atom stereocenters. The van der Waals surface area contributed by atoms with Crippen LogP contribution in [0.25, 0.3) is 10.9 Å². The number of aliphatic hydroxyl groups is 1. The minimum absolute atomic E-state index is 0.0842. The predicted molar refractivity (Wildman–Crippen MR) is 80.5 cm³/mol. The number of nitrogens with zero attached hydrogens (tertiary/aromatic N) is 2. The molecule has 0 aliphatic heterocycles. The molecule has 1 atom stereocenters. The molecule has 0 spiro atoms. The number of hydrogen-bond donors (Lipinski definition) is 3. The van der Waals surface area contributed by atoms with E-state index in [0.29, 0.717) is 23.2 Å². The number of rotatable bonds is 6. The lowest BCUT2D eigenvalue weighted by atomic mass is 10.0. The van der Waals surface area contributed by atoms with Gasteiger partial charge < -0.3 is 10.4 Å². The highest BCUT2D eigenvalue weighted by molar-refractivity contribution is 6.05. The van der Waals surface area contributed by atoms with Crippen molar-refractivity contribution in [2.24, 2.45) is 5.92 Å². The van der Waals surface area contributed by atoms with Crippen LogP contribution < -0.4 is 5.32 Å². The van der Waals surface area contributed by atoms with Crippen molar-refractivity contribution in [1.82, 2.24) is 15.5 Å². The van der Waals surface area contributed by atoms with Crippen LogP contribution in [0, 0.1) is 16.0 Å². The summed E-state index contributed by atoms with van der Waals surface area (Å²) >= 11 is 0. The number of hydrogen-bond acceptors (Lipinski definition) is 5. The molecule has 0 radical (unpaired) electrons.